The van der Waals surface area contributed by atoms with E-state index in [1.54, 1.807) is 32.9 Å². The third-order valence-electron chi connectivity index (χ3n) is 3.02. The number of anilines is 1. The van der Waals surface area contributed by atoms with Gasteiger partial charge in [0.15, 0.2) is 12.4 Å². The Morgan fingerprint density at radius 2 is 1.71 bits per heavy atom. The summed E-state index contributed by atoms with van der Waals surface area (Å²) in [6.45, 7) is 10.6. The fourth-order valence-corrected chi connectivity index (χ4v) is 2.65. The first-order valence-electron chi connectivity index (χ1n) is 6.91. The summed E-state index contributed by atoms with van der Waals surface area (Å²) in [4.78, 5) is 2.09. The quantitative estimate of drug-likeness (QED) is 0.456. The van der Waals surface area contributed by atoms with Gasteiger partial charge in [0.1, 0.15) is 0 Å². The van der Waals surface area contributed by atoms with Gasteiger partial charge in [0.25, 0.3) is 0 Å². The molecule has 0 aliphatic carbocycles. The molecule has 21 heavy (non-hydrogen) atoms. The summed E-state index contributed by atoms with van der Waals surface area (Å²) in [6.07, 6.45) is 2.81. The largest absolute Gasteiger partial charge is 0.861 e. The predicted molar refractivity (Wildman–Crippen MR) is 81.4 cm³/mol. The van der Waals surface area contributed by atoms with Crippen LogP contribution in [0.1, 0.15) is 34.6 Å². The Kier molecular flexibility index (Phi) is 5.33. The number of hydrogen-bond acceptors (Lipinski definition) is 4. The molecule has 6 nitrogen and oxygen atoms in total. The Labute approximate surface area is 126 Å². The van der Waals surface area contributed by atoms with E-state index in [1.165, 1.54) is 12.4 Å². The fourth-order valence-electron chi connectivity index (χ4n) is 1.65. The molecule has 0 aromatic carbocycles. The lowest BCUT2D eigenvalue weighted by Gasteiger charge is -2.24. The first-order valence-corrected chi connectivity index (χ1v) is 8.30. The monoisotopic (exact) mass is 313 g/mol. The van der Waals surface area contributed by atoms with Crippen LogP contribution in [0, 0.1) is 5.41 Å². The summed E-state index contributed by atoms with van der Waals surface area (Å²) in [6, 6.07) is 3.39. The predicted octanol–water partition coefficient (Wildman–Crippen LogP) is 0.718. The Morgan fingerprint density at radius 3 is 2.10 bits per heavy atom. The van der Waals surface area contributed by atoms with Crippen molar-refractivity contribution in [3.05, 3.63) is 24.5 Å². The molecule has 0 amide bonds. The smallest absolute Gasteiger partial charge is 0.490 e. The lowest BCUT2D eigenvalue weighted by atomic mass is 9.97. The van der Waals surface area contributed by atoms with Crippen LogP contribution in [0.3, 0.4) is 0 Å². The molecule has 0 fully saturated rings. The van der Waals surface area contributed by atoms with E-state index in [-0.39, 0.29) is 0 Å². The molecule has 0 radical (unpaired) electrons. The van der Waals surface area contributed by atoms with Gasteiger partial charge in [-0.3, -0.25) is 0 Å². The van der Waals surface area contributed by atoms with Gasteiger partial charge in [0.05, 0.1) is 0 Å². The summed E-state index contributed by atoms with van der Waals surface area (Å²) in [5.74, 6) is -0.664. The van der Waals surface area contributed by atoms with E-state index < -0.39 is 21.5 Å². The van der Waals surface area contributed by atoms with Gasteiger partial charge >= 0.3 is 10.2 Å². The zero-order valence-electron chi connectivity index (χ0n) is 13.2. The molecule has 0 bridgehead atoms. The second-order valence-electron chi connectivity index (χ2n) is 5.68. The van der Waals surface area contributed by atoms with Crippen LogP contribution >= 0.6 is 0 Å². The average Bonchev–Trinajstić information content (AvgIpc) is 2.39. The molecule has 1 heterocycles. The van der Waals surface area contributed by atoms with Crippen molar-refractivity contribution in [3.63, 3.8) is 0 Å². The van der Waals surface area contributed by atoms with Gasteiger partial charge in [0.2, 0.25) is 0 Å². The molecule has 7 heteroatoms. The van der Waals surface area contributed by atoms with Crippen LogP contribution < -0.4 is 14.0 Å². The molecule has 118 valence electrons. The number of nitrogens with zero attached hydrogens (tertiary/aromatic N) is 3. The third-order valence-corrected chi connectivity index (χ3v) is 4.19. The lowest BCUT2D eigenvalue weighted by Crippen LogP contribution is -2.44. The van der Waals surface area contributed by atoms with Crippen molar-refractivity contribution >= 4 is 21.8 Å². The molecule has 0 unspecified atom stereocenters. The zero-order valence-corrected chi connectivity index (χ0v) is 14.0. The zero-order chi connectivity index (χ0) is 16.3. The Morgan fingerprint density at radius 1 is 1.24 bits per heavy atom. The average molecular weight is 313 g/mol. The van der Waals surface area contributed by atoms with Crippen LogP contribution in [-0.2, 0) is 10.2 Å². The van der Waals surface area contributed by atoms with Gasteiger partial charge < -0.3 is 10.0 Å². The van der Waals surface area contributed by atoms with Crippen molar-refractivity contribution in [2.75, 3.05) is 18.0 Å². The molecular formula is C14H23N3O3S. The molecular weight excluding hydrogens is 290 g/mol. The normalized spacial score (nSPS) is 13.3. The second kappa shape index (κ2) is 6.43. The number of hydrogen-bond donors (Lipinski definition) is 0. The third kappa shape index (κ3) is 4.42. The molecule has 0 aliphatic rings. The number of aromatic nitrogens is 1. The summed E-state index contributed by atoms with van der Waals surface area (Å²) >= 11 is 0. The maximum atomic E-state index is 12.1. The molecule has 0 saturated heterocycles. The molecule has 0 aliphatic heterocycles. The molecule has 1 rings (SSSR count). The topological polar surface area (TPSA) is 76.7 Å². The van der Waals surface area contributed by atoms with E-state index in [1.807, 2.05) is 13.8 Å². The van der Waals surface area contributed by atoms with Crippen molar-refractivity contribution in [1.82, 2.24) is 0 Å². The molecule has 0 spiro atoms. The van der Waals surface area contributed by atoms with Crippen LogP contribution in [0.5, 0.6) is 0 Å². The second-order valence-corrected chi connectivity index (χ2v) is 7.18. The molecule has 0 atom stereocenters. The minimum atomic E-state index is -4.02. The van der Waals surface area contributed by atoms with Gasteiger partial charge in [-0.2, -0.15) is 0 Å². The highest BCUT2D eigenvalue weighted by atomic mass is 32.2. The van der Waals surface area contributed by atoms with E-state index in [9.17, 15) is 13.5 Å². The van der Waals surface area contributed by atoms with Gasteiger partial charge in [-0.1, -0.05) is 24.7 Å². The van der Waals surface area contributed by atoms with Crippen LogP contribution in [0.4, 0.5) is 5.69 Å². The van der Waals surface area contributed by atoms with E-state index in [0.717, 1.165) is 22.7 Å². The van der Waals surface area contributed by atoms with Gasteiger partial charge in [-0.15, -0.1) is 12.8 Å². The Bertz CT molecular complexity index is 597. The number of pyridine rings is 1. The Balaban J connectivity index is 3.12. The minimum absolute atomic E-state index is 0.664. The van der Waals surface area contributed by atoms with Crippen LogP contribution in [0.15, 0.2) is 28.9 Å². The van der Waals surface area contributed by atoms with Crippen molar-refractivity contribution in [2.45, 2.75) is 34.6 Å². The van der Waals surface area contributed by atoms with Crippen molar-refractivity contribution in [3.8, 4) is 0 Å². The first-order chi connectivity index (χ1) is 9.61. The molecule has 0 saturated carbocycles. The first kappa shape index (κ1) is 17.4. The maximum Gasteiger partial charge on any atom is 0.490 e. The van der Waals surface area contributed by atoms with E-state index in [0.29, 0.717) is 0 Å². The summed E-state index contributed by atoms with van der Waals surface area (Å²) in [5.41, 5.74) is 0.100. The molecule has 1 aromatic heterocycles. The SMILES string of the molecule is CCN(CC)c1cc[n+](S(=O)(=O)N=C([O-])C(C)(C)C)cc1. The van der Waals surface area contributed by atoms with Crippen molar-refractivity contribution in [1.29, 1.82) is 0 Å². The minimum Gasteiger partial charge on any atom is -0.861 e. The van der Waals surface area contributed by atoms with Gasteiger partial charge in [-0.05, 0) is 25.2 Å². The highest BCUT2D eigenvalue weighted by Crippen LogP contribution is 2.14. The van der Waals surface area contributed by atoms with Crippen LogP contribution in [0.25, 0.3) is 0 Å². The summed E-state index contributed by atoms with van der Waals surface area (Å²) in [7, 11) is -4.02. The molecule has 1 aromatic rings. The highest BCUT2D eigenvalue weighted by molar-refractivity contribution is 7.83. The van der Waals surface area contributed by atoms with Crippen LogP contribution in [-0.4, -0.2) is 27.4 Å². The van der Waals surface area contributed by atoms with Crippen LogP contribution in [0.2, 0.25) is 0 Å². The van der Waals surface area contributed by atoms with E-state index in [4.69, 9.17) is 0 Å². The molecule has 0 N–H and O–H groups in total. The fraction of sp³-hybridized carbons (Fsp3) is 0.571. The Hall–Kier alpha value is -1.63. The standard InChI is InChI=1S/C14H23N3O3S/c1-6-16(7-2)12-8-10-17(11-9-12)21(19,20)15-13(18)14(3,4)5/h8-11H,6-7H2,1-5H3. The van der Waals surface area contributed by atoms with E-state index in [2.05, 4.69) is 9.30 Å². The van der Waals surface area contributed by atoms with Crippen molar-refractivity contribution in [2.24, 2.45) is 9.81 Å². The number of rotatable bonds is 5. The van der Waals surface area contributed by atoms with Gasteiger partial charge in [-0.25, -0.2) is 0 Å². The summed E-state index contributed by atoms with van der Waals surface area (Å²) < 4.78 is 28.4. The van der Waals surface area contributed by atoms with Gasteiger partial charge in [0, 0.05) is 30.9 Å². The highest BCUT2D eigenvalue weighted by Gasteiger charge is 2.23. The van der Waals surface area contributed by atoms with E-state index >= 15 is 0 Å². The van der Waals surface area contributed by atoms with Crippen molar-refractivity contribution < 1.29 is 17.5 Å². The summed E-state index contributed by atoms with van der Waals surface area (Å²) in [5, 5.41) is 11.8. The maximum absolute atomic E-state index is 12.1. The lowest BCUT2D eigenvalue weighted by molar-refractivity contribution is -0.511.